The number of nitrogens with zero attached hydrogens (tertiary/aromatic N) is 6. The molecule has 5 aromatic rings. The van der Waals surface area contributed by atoms with Crippen molar-refractivity contribution in [1.82, 2.24) is 24.5 Å². The number of methoxy groups -OCH3 is 3. The average Bonchev–Trinajstić information content (AvgIpc) is 3.65. The van der Waals surface area contributed by atoms with Crippen molar-refractivity contribution < 1.29 is 35.8 Å². The molecular formula is C39H40F3N7O5S. The van der Waals surface area contributed by atoms with E-state index in [1.165, 1.54) is 32.1 Å². The third kappa shape index (κ3) is 8.59. The maximum absolute atomic E-state index is 15.3. The van der Waals surface area contributed by atoms with Gasteiger partial charge in [-0.2, -0.15) is 22.7 Å². The average molecular weight is 776 g/mol. The van der Waals surface area contributed by atoms with Crippen LogP contribution in [0.5, 0.6) is 17.2 Å². The quantitative estimate of drug-likeness (QED) is 0.136. The fraction of sp³-hybridized carbons (Fsp3) is 0.333. The van der Waals surface area contributed by atoms with Crippen LogP contribution >= 0.6 is 0 Å². The molecule has 288 valence electrons. The highest BCUT2D eigenvalue weighted by Crippen LogP contribution is 2.47. The second-order valence-corrected chi connectivity index (χ2v) is 15.3. The van der Waals surface area contributed by atoms with Crippen LogP contribution < -0.4 is 19.9 Å². The molecule has 1 saturated carbocycles. The maximum Gasteiger partial charge on any atom is 0.417 e. The van der Waals surface area contributed by atoms with Gasteiger partial charge in [0.1, 0.15) is 27.7 Å². The van der Waals surface area contributed by atoms with E-state index in [1.54, 1.807) is 72.8 Å². The number of hydrogen-bond acceptors (Lipinski definition) is 10. The largest absolute Gasteiger partial charge is 0.497 e. The topological polar surface area (TPSA) is 158 Å². The van der Waals surface area contributed by atoms with Gasteiger partial charge >= 0.3 is 6.18 Å². The number of hydrogen-bond donors (Lipinski definition) is 1. The third-order valence-electron chi connectivity index (χ3n) is 9.92. The lowest BCUT2D eigenvalue weighted by Crippen LogP contribution is -2.41. The summed E-state index contributed by atoms with van der Waals surface area (Å²) >= 11 is 0. The summed E-state index contributed by atoms with van der Waals surface area (Å²) in [5.74, 6) is 1.02. The Morgan fingerprint density at radius 1 is 0.836 bits per heavy atom. The summed E-state index contributed by atoms with van der Waals surface area (Å²) in [6.07, 6.45) is -3.94. The van der Waals surface area contributed by atoms with E-state index in [0.29, 0.717) is 52.3 Å². The number of sulfonamides is 1. The molecule has 0 unspecified atom stereocenters. The molecule has 1 aliphatic carbocycles. The number of ether oxygens (including phenoxy) is 3. The summed E-state index contributed by atoms with van der Waals surface area (Å²) in [6.45, 7) is -0.553. The Balaban J connectivity index is 1.58. The van der Waals surface area contributed by atoms with E-state index in [4.69, 9.17) is 19.9 Å². The van der Waals surface area contributed by atoms with Gasteiger partial charge in [-0.1, -0.05) is 42.5 Å². The zero-order chi connectivity index (χ0) is 39.4. The Kier molecular flexibility index (Phi) is 11.5. The van der Waals surface area contributed by atoms with Crippen molar-refractivity contribution >= 4 is 10.0 Å². The van der Waals surface area contributed by atoms with Gasteiger partial charge in [-0.25, -0.2) is 13.1 Å². The Hall–Kier alpha value is -5.50. The molecule has 1 heterocycles. The summed E-state index contributed by atoms with van der Waals surface area (Å²) < 4.78 is 94.6. The van der Waals surface area contributed by atoms with Crippen LogP contribution in [0.4, 0.5) is 13.2 Å². The molecule has 0 amide bonds. The van der Waals surface area contributed by atoms with Gasteiger partial charge in [-0.15, -0.1) is 5.10 Å². The van der Waals surface area contributed by atoms with Gasteiger partial charge in [0.15, 0.2) is 5.82 Å². The predicted molar refractivity (Wildman–Crippen MR) is 197 cm³/mol. The summed E-state index contributed by atoms with van der Waals surface area (Å²) in [7, 11) is -0.533. The minimum atomic E-state index is -5.10. The van der Waals surface area contributed by atoms with Gasteiger partial charge in [0, 0.05) is 18.7 Å². The van der Waals surface area contributed by atoms with E-state index >= 15 is 21.6 Å². The summed E-state index contributed by atoms with van der Waals surface area (Å²) in [4.78, 5) is -0.963. The van der Waals surface area contributed by atoms with Crippen molar-refractivity contribution in [3.8, 4) is 34.7 Å². The number of halogens is 3. The molecule has 55 heavy (non-hydrogen) atoms. The number of rotatable bonds is 13. The van der Waals surface area contributed by atoms with Crippen molar-refractivity contribution in [3.63, 3.8) is 0 Å². The summed E-state index contributed by atoms with van der Waals surface area (Å²) in [5.41, 5.74) is 5.59. The lowest BCUT2D eigenvalue weighted by atomic mass is 9.74. The van der Waals surface area contributed by atoms with Crippen LogP contribution in [0.1, 0.15) is 59.4 Å². The van der Waals surface area contributed by atoms with Crippen molar-refractivity contribution in [3.05, 3.63) is 113 Å². The fourth-order valence-electron chi connectivity index (χ4n) is 6.83. The second kappa shape index (κ2) is 16.1. The van der Waals surface area contributed by atoms with E-state index < -0.39 is 38.1 Å². The molecule has 0 saturated heterocycles. The van der Waals surface area contributed by atoms with Crippen LogP contribution in [-0.4, -0.2) is 59.8 Å². The van der Waals surface area contributed by atoms with Gasteiger partial charge in [0.05, 0.1) is 39.5 Å². The third-order valence-corrected chi connectivity index (χ3v) is 11.8. The first-order chi connectivity index (χ1) is 26.3. The van der Waals surface area contributed by atoms with Crippen LogP contribution in [0.2, 0.25) is 0 Å². The zero-order valence-corrected chi connectivity index (χ0v) is 31.3. The Bertz CT molecular complexity index is 2200. The number of aromatic nitrogens is 4. The molecule has 1 fully saturated rings. The minimum absolute atomic E-state index is 0.00786. The zero-order valence-electron chi connectivity index (χ0n) is 30.5. The maximum atomic E-state index is 15.3. The molecule has 1 aromatic heterocycles. The Morgan fingerprint density at radius 2 is 1.33 bits per heavy atom. The van der Waals surface area contributed by atoms with E-state index in [0.717, 1.165) is 10.4 Å². The number of alkyl halides is 3. The van der Waals surface area contributed by atoms with Crippen molar-refractivity contribution in [2.24, 2.45) is 5.73 Å². The number of nitriles is 1. The first-order valence-corrected chi connectivity index (χ1v) is 18.8. The molecule has 0 spiro atoms. The molecule has 12 nitrogen and oxygen atoms in total. The number of tetrazole rings is 1. The first-order valence-electron chi connectivity index (χ1n) is 17.4. The van der Waals surface area contributed by atoms with Crippen LogP contribution in [0, 0.1) is 11.3 Å². The molecule has 0 bridgehead atoms. The van der Waals surface area contributed by atoms with Crippen molar-refractivity contribution in [2.45, 2.75) is 67.8 Å². The van der Waals surface area contributed by atoms with Crippen molar-refractivity contribution in [1.29, 1.82) is 5.26 Å². The van der Waals surface area contributed by atoms with Crippen LogP contribution in [0.25, 0.3) is 11.4 Å². The normalized spacial score (nSPS) is 17.5. The SMILES string of the molecule is COc1ccc(CN(Cc2ccc(OC)cc2)S(=O)(=O)c2c(C(F)(F)F)ccc(C3CCC(N)(C#N)CC3)c2-c2nnnn2Cc2ccc(OC)cc2)cc1. The molecule has 0 aliphatic heterocycles. The summed E-state index contributed by atoms with van der Waals surface area (Å²) in [6, 6.07) is 24.4. The molecule has 2 N–H and O–H groups in total. The highest BCUT2D eigenvalue weighted by Gasteiger charge is 2.44. The van der Waals surface area contributed by atoms with Gasteiger partial charge in [0.25, 0.3) is 0 Å². The van der Waals surface area contributed by atoms with E-state index in [9.17, 15) is 5.26 Å². The molecule has 1 aliphatic rings. The first kappa shape index (κ1) is 39.2. The molecule has 0 atom stereocenters. The molecule has 4 aromatic carbocycles. The van der Waals surface area contributed by atoms with E-state index in [1.807, 2.05) is 0 Å². The predicted octanol–water partition coefficient (Wildman–Crippen LogP) is 6.70. The van der Waals surface area contributed by atoms with Gasteiger partial charge < -0.3 is 19.9 Å². The minimum Gasteiger partial charge on any atom is -0.497 e. The molecule has 0 radical (unpaired) electrons. The van der Waals surface area contributed by atoms with Gasteiger partial charge in [0.2, 0.25) is 10.0 Å². The van der Waals surface area contributed by atoms with E-state index in [2.05, 4.69) is 21.6 Å². The molecule has 6 rings (SSSR count). The highest BCUT2D eigenvalue weighted by atomic mass is 32.2. The van der Waals surface area contributed by atoms with Crippen LogP contribution in [0.15, 0.2) is 89.8 Å². The Labute approximate surface area is 317 Å². The standard InChI is InChI=1S/C39H40F3N7O5S/c1-52-30-10-4-26(5-11-30)22-48(23-27-6-12-31(53-2)13-7-27)55(50,51)36-34(39(40,41)42)17-16-33(29-18-20-38(44,25-43)21-19-29)35(36)37-45-46-47-49(37)24-28-8-14-32(54-3)15-9-28/h4-17,29H,18-24,44H2,1-3H3. The van der Waals surface area contributed by atoms with Crippen molar-refractivity contribution in [2.75, 3.05) is 21.3 Å². The van der Waals surface area contributed by atoms with Gasteiger partial charge in [-0.05, 0) is 107 Å². The molecular weight excluding hydrogens is 736 g/mol. The number of benzene rings is 4. The van der Waals surface area contributed by atoms with E-state index in [-0.39, 0.29) is 43.9 Å². The number of nitrogens with two attached hydrogens (primary N) is 1. The monoisotopic (exact) mass is 775 g/mol. The second-order valence-electron chi connectivity index (χ2n) is 13.4. The summed E-state index contributed by atoms with van der Waals surface area (Å²) in [5, 5.41) is 21.9. The Morgan fingerprint density at radius 3 is 1.78 bits per heavy atom. The fourth-order valence-corrected chi connectivity index (χ4v) is 8.66. The smallest absolute Gasteiger partial charge is 0.417 e. The lowest BCUT2D eigenvalue weighted by Gasteiger charge is -2.34. The molecule has 16 heteroatoms. The highest BCUT2D eigenvalue weighted by molar-refractivity contribution is 7.89. The van der Waals surface area contributed by atoms with Gasteiger partial charge in [-0.3, -0.25) is 0 Å². The lowest BCUT2D eigenvalue weighted by molar-refractivity contribution is -0.139. The van der Waals surface area contributed by atoms with Crippen LogP contribution in [0.3, 0.4) is 0 Å². The van der Waals surface area contributed by atoms with Crippen LogP contribution in [-0.2, 0) is 35.8 Å².